The number of nitrogens with two attached hydrogens (primary N) is 2. The third-order valence-corrected chi connectivity index (χ3v) is 5.28. The first-order chi connectivity index (χ1) is 13.9. The normalized spacial score (nSPS) is 12.2. The number of aromatic nitrogens is 2. The van der Waals surface area contributed by atoms with E-state index in [-0.39, 0.29) is 29.8 Å². The standard InChI is InChI=1S/C22H26N4O3/c1-4-12-26-20(23)19(21(28)25(3)22(26)29)18(27)13-24-14(2)16-11-7-9-15-8-5-6-10-17(15)16/h5-11,14,24H,4,12-13,23H2,1-3H3/p+1/t14-/m0/s1. The highest BCUT2D eigenvalue weighted by Gasteiger charge is 2.23. The fourth-order valence-corrected chi connectivity index (χ4v) is 3.65. The molecule has 2 aromatic carbocycles. The first-order valence-corrected chi connectivity index (χ1v) is 9.80. The summed E-state index contributed by atoms with van der Waals surface area (Å²) in [5.41, 5.74) is 5.91. The molecular weight excluding hydrogens is 368 g/mol. The van der Waals surface area contributed by atoms with Crippen molar-refractivity contribution in [3.8, 4) is 0 Å². The van der Waals surface area contributed by atoms with E-state index >= 15 is 0 Å². The summed E-state index contributed by atoms with van der Waals surface area (Å²) in [4.78, 5) is 37.7. The van der Waals surface area contributed by atoms with Gasteiger partial charge in [-0.25, -0.2) is 4.79 Å². The molecule has 0 saturated carbocycles. The van der Waals surface area contributed by atoms with Gasteiger partial charge in [0.05, 0.1) is 0 Å². The number of ketones is 1. The molecule has 0 spiro atoms. The summed E-state index contributed by atoms with van der Waals surface area (Å²) >= 11 is 0. The molecule has 3 rings (SSSR count). The van der Waals surface area contributed by atoms with Crippen molar-refractivity contribution in [1.82, 2.24) is 9.13 Å². The SMILES string of the molecule is CCCn1c(N)c(C(=O)C[NH2+][C@@H](C)c2cccc3ccccc23)c(=O)n(C)c1=O. The van der Waals surface area contributed by atoms with Crippen LogP contribution in [0.15, 0.2) is 52.1 Å². The summed E-state index contributed by atoms with van der Waals surface area (Å²) in [6, 6.07) is 14.2. The van der Waals surface area contributed by atoms with Crippen molar-refractivity contribution in [2.75, 3.05) is 12.3 Å². The van der Waals surface area contributed by atoms with Gasteiger partial charge >= 0.3 is 5.69 Å². The zero-order valence-corrected chi connectivity index (χ0v) is 17.0. The van der Waals surface area contributed by atoms with Gasteiger partial charge in [0, 0.05) is 19.2 Å². The summed E-state index contributed by atoms with van der Waals surface area (Å²) in [7, 11) is 1.37. The van der Waals surface area contributed by atoms with Crippen LogP contribution in [0.25, 0.3) is 10.8 Å². The van der Waals surface area contributed by atoms with Crippen molar-refractivity contribution in [1.29, 1.82) is 0 Å². The zero-order chi connectivity index (χ0) is 21.1. The Hall–Kier alpha value is -3.19. The zero-order valence-electron chi connectivity index (χ0n) is 17.0. The number of nitrogen functional groups attached to an aromatic ring is 1. The Kier molecular flexibility index (Phi) is 5.98. The topological polar surface area (TPSA) is 104 Å². The number of quaternary nitrogens is 1. The van der Waals surface area contributed by atoms with Gasteiger partial charge in [0.1, 0.15) is 24.0 Å². The van der Waals surface area contributed by atoms with E-state index in [4.69, 9.17) is 5.73 Å². The highest BCUT2D eigenvalue weighted by Crippen LogP contribution is 2.22. The van der Waals surface area contributed by atoms with Gasteiger partial charge in [0.15, 0.2) is 0 Å². The van der Waals surface area contributed by atoms with Gasteiger partial charge in [-0.2, -0.15) is 0 Å². The number of benzene rings is 2. The third-order valence-electron chi connectivity index (χ3n) is 5.28. The lowest BCUT2D eigenvalue weighted by molar-refractivity contribution is -0.681. The van der Waals surface area contributed by atoms with Gasteiger partial charge in [-0.1, -0.05) is 49.4 Å². The van der Waals surface area contributed by atoms with Crippen molar-refractivity contribution in [2.45, 2.75) is 32.9 Å². The number of carbonyl (C=O) groups is 1. The Morgan fingerprint density at radius 3 is 2.55 bits per heavy atom. The number of Topliss-reactive ketones (excluding diaryl/α,β-unsaturated/α-hetero) is 1. The predicted molar refractivity (Wildman–Crippen MR) is 114 cm³/mol. The van der Waals surface area contributed by atoms with Gasteiger partial charge < -0.3 is 11.1 Å². The predicted octanol–water partition coefficient (Wildman–Crippen LogP) is 1.20. The molecule has 0 saturated heterocycles. The summed E-state index contributed by atoms with van der Waals surface area (Å²) in [5.74, 6) is -0.420. The Bertz CT molecular complexity index is 1170. The van der Waals surface area contributed by atoms with Crippen LogP contribution in [0.5, 0.6) is 0 Å². The van der Waals surface area contributed by atoms with Crippen molar-refractivity contribution >= 4 is 22.4 Å². The van der Waals surface area contributed by atoms with E-state index in [0.29, 0.717) is 13.0 Å². The van der Waals surface area contributed by atoms with Crippen molar-refractivity contribution in [2.24, 2.45) is 7.05 Å². The highest BCUT2D eigenvalue weighted by atomic mass is 16.2. The fourth-order valence-electron chi connectivity index (χ4n) is 3.65. The molecule has 7 nitrogen and oxygen atoms in total. The molecule has 3 aromatic rings. The second-order valence-electron chi connectivity index (χ2n) is 7.28. The average Bonchev–Trinajstić information content (AvgIpc) is 2.73. The molecule has 1 aromatic heterocycles. The maximum atomic E-state index is 12.9. The van der Waals surface area contributed by atoms with E-state index in [1.807, 2.05) is 43.4 Å². The molecular formula is C22H27N4O3+. The van der Waals surface area contributed by atoms with E-state index < -0.39 is 11.2 Å². The number of hydrogen-bond donors (Lipinski definition) is 2. The Labute approximate surface area is 168 Å². The molecule has 4 N–H and O–H groups in total. The third kappa shape index (κ3) is 3.86. The quantitative estimate of drug-likeness (QED) is 0.587. The highest BCUT2D eigenvalue weighted by molar-refractivity contribution is 6.00. The molecule has 0 fully saturated rings. The van der Waals surface area contributed by atoms with Crippen molar-refractivity contribution in [3.63, 3.8) is 0 Å². The first kappa shape index (κ1) is 20.5. The largest absolute Gasteiger partial charge is 0.384 e. The number of nitrogens with zero attached hydrogens (tertiary/aromatic N) is 2. The molecule has 0 radical (unpaired) electrons. The van der Waals surface area contributed by atoms with Crippen LogP contribution < -0.4 is 22.3 Å². The van der Waals surface area contributed by atoms with Gasteiger partial charge in [-0.3, -0.25) is 18.7 Å². The summed E-state index contributed by atoms with van der Waals surface area (Å²) in [5, 5.41) is 4.16. The van der Waals surface area contributed by atoms with E-state index in [0.717, 1.165) is 20.9 Å². The van der Waals surface area contributed by atoms with Gasteiger partial charge in [0.25, 0.3) is 5.56 Å². The molecule has 1 atom stereocenters. The summed E-state index contributed by atoms with van der Waals surface area (Å²) < 4.78 is 2.25. The molecule has 0 aliphatic rings. The van der Waals surface area contributed by atoms with E-state index in [1.165, 1.54) is 11.6 Å². The van der Waals surface area contributed by atoms with Gasteiger partial charge in [0.2, 0.25) is 5.78 Å². The Balaban J connectivity index is 1.88. The van der Waals surface area contributed by atoms with Crippen LogP contribution >= 0.6 is 0 Å². The molecule has 0 aliphatic heterocycles. The molecule has 0 unspecified atom stereocenters. The number of carbonyl (C=O) groups excluding carboxylic acids is 1. The van der Waals surface area contributed by atoms with Gasteiger partial charge in [-0.15, -0.1) is 0 Å². The lowest BCUT2D eigenvalue weighted by Crippen LogP contribution is -2.86. The molecule has 152 valence electrons. The number of fused-ring (bicyclic) bond motifs is 1. The lowest BCUT2D eigenvalue weighted by Gasteiger charge is -2.15. The van der Waals surface area contributed by atoms with Crippen LogP contribution in [-0.2, 0) is 13.6 Å². The van der Waals surface area contributed by atoms with Crippen LogP contribution in [0.4, 0.5) is 5.82 Å². The van der Waals surface area contributed by atoms with Crippen molar-refractivity contribution < 1.29 is 10.1 Å². The average molecular weight is 395 g/mol. The molecule has 0 amide bonds. The summed E-state index contributed by atoms with van der Waals surface area (Å²) in [6.45, 7) is 4.34. The van der Waals surface area contributed by atoms with Crippen LogP contribution in [-0.4, -0.2) is 21.5 Å². The number of hydrogen-bond acceptors (Lipinski definition) is 4. The maximum absolute atomic E-state index is 12.9. The van der Waals surface area contributed by atoms with E-state index in [9.17, 15) is 14.4 Å². The fraction of sp³-hybridized carbons (Fsp3) is 0.318. The Morgan fingerprint density at radius 1 is 1.14 bits per heavy atom. The minimum Gasteiger partial charge on any atom is -0.384 e. The van der Waals surface area contributed by atoms with Crippen LogP contribution in [0.3, 0.4) is 0 Å². The van der Waals surface area contributed by atoms with Crippen LogP contribution in [0.2, 0.25) is 0 Å². The lowest BCUT2D eigenvalue weighted by atomic mass is 9.99. The smallest absolute Gasteiger partial charge is 0.332 e. The minimum absolute atomic E-state index is 0.0108. The van der Waals surface area contributed by atoms with Crippen LogP contribution in [0, 0.1) is 0 Å². The van der Waals surface area contributed by atoms with E-state index in [1.54, 1.807) is 0 Å². The van der Waals surface area contributed by atoms with Crippen molar-refractivity contribution in [3.05, 3.63) is 74.4 Å². The van der Waals surface area contributed by atoms with Gasteiger partial charge in [-0.05, 0) is 24.1 Å². The van der Waals surface area contributed by atoms with E-state index in [2.05, 4.69) is 18.2 Å². The number of anilines is 1. The van der Waals surface area contributed by atoms with Crippen LogP contribution in [0.1, 0.15) is 42.2 Å². The molecule has 7 heteroatoms. The first-order valence-electron chi connectivity index (χ1n) is 9.80. The number of rotatable bonds is 7. The monoisotopic (exact) mass is 395 g/mol. The molecule has 0 aliphatic carbocycles. The molecule has 1 heterocycles. The second kappa shape index (κ2) is 8.45. The molecule has 0 bridgehead atoms. The maximum Gasteiger partial charge on any atom is 0.332 e. The second-order valence-corrected chi connectivity index (χ2v) is 7.28. The Morgan fingerprint density at radius 2 is 1.83 bits per heavy atom. The molecule has 29 heavy (non-hydrogen) atoms. The summed E-state index contributed by atoms with van der Waals surface area (Å²) in [6.07, 6.45) is 0.667. The minimum atomic E-state index is -0.643.